The van der Waals surface area contributed by atoms with Gasteiger partial charge in [0.15, 0.2) is 17.2 Å². The Morgan fingerprint density at radius 1 is 1.34 bits per heavy atom. The summed E-state index contributed by atoms with van der Waals surface area (Å²) in [4.78, 5) is 24.4. The Hall–Kier alpha value is -0.370. The van der Waals surface area contributed by atoms with E-state index in [1.165, 1.54) is 12.2 Å². The molecule has 0 aromatic heterocycles. The molecule has 0 radical (unpaired) electrons. The van der Waals surface area contributed by atoms with Crippen LogP contribution in [0.5, 0.6) is 0 Å². The number of carbonyl (C=O) groups is 2. The minimum atomic E-state index is -1.98. The van der Waals surface area contributed by atoms with Gasteiger partial charge in [0, 0.05) is 16.7 Å². The summed E-state index contributed by atoms with van der Waals surface area (Å²) >= 11 is 0. The minimum absolute atomic E-state index is 0. The van der Waals surface area contributed by atoms with Gasteiger partial charge in [-0.3, -0.25) is 9.59 Å². The van der Waals surface area contributed by atoms with Crippen molar-refractivity contribution in [3.8, 4) is 0 Å². The topological polar surface area (TPSA) is 94.8 Å². The molecular formula is C22H30FNaO5. The van der Waals surface area contributed by atoms with Crippen LogP contribution in [0.3, 0.4) is 0 Å². The molecule has 0 saturated heterocycles. The van der Waals surface area contributed by atoms with Gasteiger partial charge in [0.25, 0.3) is 0 Å². The average Bonchev–Trinajstić information content (AvgIpc) is 2.84. The summed E-state index contributed by atoms with van der Waals surface area (Å²) in [5.74, 6) is -2.12. The fraction of sp³-hybridized carbons (Fsp3) is 0.727. The van der Waals surface area contributed by atoms with E-state index in [4.69, 9.17) is 0 Å². The number of halogens is 1. The summed E-state index contributed by atoms with van der Waals surface area (Å²) in [5, 5.41) is 32.0. The fourth-order valence-corrected chi connectivity index (χ4v) is 7.26. The van der Waals surface area contributed by atoms with Gasteiger partial charge in [0.1, 0.15) is 12.2 Å². The number of hydrogen-bond acceptors (Lipinski definition) is 5. The molecule has 7 heteroatoms. The van der Waals surface area contributed by atoms with E-state index in [-0.39, 0.29) is 49.1 Å². The Labute approximate surface area is 194 Å². The zero-order chi connectivity index (χ0) is 20.7. The number of Topliss-reactive ketones (excluding diaryl/α,β-unsaturated/α-hetero) is 1. The molecule has 0 spiro atoms. The quantitative estimate of drug-likeness (QED) is 0.503. The van der Waals surface area contributed by atoms with Gasteiger partial charge in [-0.1, -0.05) is 25.5 Å². The van der Waals surface area contributed by atoms with Gasteiger partial charge in [0.2, 0.25) is 0 Å². The van der Waals surface area contributed by atoms with Crippen LogP contribution in [0.25, 0.3) is 0 Å². The van der Waals surface area contributed by atoms with Crippen LogP contribution >= 0.6 is 0 Å². The van der Waals surface area contributed by atoms with E-state index in [1.807, 2.05) is 0 Å². The molecule has 3 fully saturated rings. The molecule has 3 saturated carbocycles. The number of alkyl halides is 1. The number of rotatable bonds is 2. The van der Waals surface area contributed by atoms with E-state index in [2.05, 4.69) is 0 Å². The zero-order valence-corrected chi connectivity index (χ0v) is 19.6. The van der Waals surface area contributed by atoms with Crippen molar-refractivity contribution >= 4 is 11.6 Å². The van der Waals surface area contributed by atoms with Crippen molar-refractivity contribution in [1.82, 2.24) is 0 Å². The Kier molecular flexibility index (Phi) is 5.68. The van der Waals surface area contributed by atoms with Crippen molar-refractivity contribution in [2.24, 2.45) is 28.6 Å². The van der Waals surface area contributed by atoms with Crippen molar-refractivity contribution in [1.29, 1.82) is 0 Å². The largest absolute Gasteiger partial charge is 1.00 e. The molecule has 4 rings (SSSR count). The molecule has 1 unspecified atom stereocenters. The number of allylic oxidation sites excluding steroid dienone is 4. The van der Waals surface area contributed by atoms with Crippen molar-refractivity contribution in [2.75, 3.05) is 6.61 Å². The monoisotopic (exact) mass is 416 g/mol. The molecular weight excluding hydrogens is 386 g/mol. The Morgan fingerprint density at radius 2 is 2.00 bits per heavy atom. The van der Waals surface area contributed by atoms with Crippen molar-refractivity contribution in [2.45, 2.75) is 63.8 Å². The fourth-order valence-electron chi connectivity index (χ4n) is 7.26. The number of ketones is 2. The first-order chi connectivity index (χ1) is 13.0. The predicted octanol–water partition coefficient (Wildman–Crippen LogP) is -0.988. The SMILES string of the molecule is C[C@@H]1CC2[C@H]3CCC4=CC(=O)C=C[C@]4(C)[C@@]3(F)[C@@H](O)C[C@]2(C)[C@@]1(O)C(=O)CO.[H-].[Na+]. The van der Waals surface area contributed by atoms with Gasteiger partial charge in [-0.25, -0.2) is 4.39 Å². The van der Waals surface area contributed by atoms with Gasteiger partial charge >= 0.3 is 29.6 Å². The molecule has 156 valence electrons. The normalized spacial score (nSPS) is 50.7. The first kappa shape index (κ1) is 23.3. The Bertz CT molecular complexity index is 817. The van der Waals surface area contributed by atoms with Crippen LogP contribution < -0.4 is 29.6 Å². The first-order valence-electron chi connectivity index (χ1n) is 10.1. The van der Waals surface area contributed by atoms with Crippen molar-refractivity contribution < 1.29 is 60.3 Å². The molecule has 0 bridgehead atoms. The Morgan fingerprint density at radius 3 is 2.62 bits per heavy atom. The van der Waals surface area contributed by atoms with Crippen molar-refractivity contribution in [3.63, 3.8) is 0 Å². The van der Waals surface area contributed by atoms with E-state index >= 15 is 4.39 Å². The van der Waals surface area contributed by atoms with E-state index < -0.39 is 52.4 Å². The van der Waals surface area contributed by atoms with E-state index in [9.17, 15) is 24.9 Å². The zero-order valence-electron chi connectivity index (χ0n) is 18.6. The molecule has 0 aliphatic heterocycles. The van der Waals surface area contributed by atoms with Crippen LogP contribution in [0.4, 0.5) is 4.39 Å². The molecule has 4 aliphatic rings. The molecule has 8 atom stereocenters. The second-order valence-corrected chi connectivity index (χ2v) is 9.75. The van der Waals surface area contributed by atoms with E-state index in [0.717, 1.165) is 0 Å². The second kappa shape index (κ2) is 7.07. The third-order valence-corrected chi connectivity index (χ3v) is 8.79. The van der Waals surface area contributed by atoms with Crippen LogP contribution in [0, 0.1) is 28.6 Å². The molecule has 3 N–H and O–H groups in total. The second-order valence-electron chi connectivity index (χ2n) is 9.75. The number of aliphatic hydroxyl groups is 3. The molecule has 29 heavy (non-hydrogen) atoms. The number of aliphatic hydroxyl groups excluding tert-OH is 2. The van der Waals surface area contributed by atoms with E-state index in [1.54, 1.807) is 26.8 Å². The standard InChI is InChI=1S/C22H29FO5.Na.H/c1-12-8-16-15-5-4-13-9-14(25)6-7-19(13,2)21(15,23)17(26)10-20(16,3)22(12,28)18(27)11-24;;/h6-7,9,12,15-17,24,26,28H,4-5,8,10-11H2,1-3H3;;/q;+1;-1/t12-,15-,16?,17+,19+,20+,21+,22+;;/m1../s1. The van der Waals surface area contributed by atoms with Crippen LogP contribution in [-0.4, -0.2) is 50.9 Å². The van der Waals surface area contributed by atoms with E-state index in [0.29, 0.717) is 24.8 Å². The predicted molar refractivity (Wildman–Crippen MR) is 101 cm³/mol. The van der Waals surface area contributed by atoms with Crippen LogP contribution in [0.1, 0.15) is 47.9 Å². The van der Waals surface area contributed by atoms with Gasteiger partial charge in [0.05, 0.1) is 6.10 Å². The van der Waals surface area contributed by atoms with Gasteiger partial charge in [-0.15, -0.1) is 0 Å². The summed E-state index contributed by atoms with van der Waals surface area (Å²) in [6, 6.07) is 0. The molecule has 0 aromatic rings. The average molecular weight is 416 g/mol. The maximum Gasteiger partial charge on any atom is 1.00 e. The molecule has 0 heterocycles. The molecule has 4 aliphatic carbocycles. The molecule has 0 amide bonds. The maximum absolute atomic E-state index is 16.9. The third-order valence-electron chi connectivity index (χ3n) is 8.79. The molecule has 5 nitrogen and oxygen atoms in total. The van der Waals surface area contributed by atoms with Gasteiger partial charge in [-0.2, -0.15) is 0 Å². The molecule has 0 aromatic carbocycles. The minimum Gasteiger partial charge on any atom is -1.00 e. The summed E-state index contributed by atoms with van der Waals surface area (Å²) in [6.45, 7) is 4.48. The summed E-state index contributed by atoms with van der Waals surface area (Å²) in [5.41, 5.74) is -5.17. The van der Waals surface area contributed by atoms with Crippen LogP contribution in [-0.2, 0) is 9.59 Å². The number of carbonyl (C=O) groups excluding carboxylic acids is 2. The maximum atomic E-state index is 16.9. The van der Waals surface area contributed by atoms with Gasteiger partial charge < -0.3 is 16.7 Å². The van der Waals surface area contributed by atoms with Crippen LogP contribution in [0.15, 0.2) is 23.8 Å². The summed E-state index contributed by atoms with van der Waals surface area (Å²) < 4.78 is 16.9. The number of fused-ring (bicyclic) bond motifs is 5. The third kappa shape index (κ3) is 2.60. The van der Waals surface area contributed by atoms with Crippen LogP contribution in [0.2, 0.25) is 0 Å². The smallest absolute Gasteiger partial charge is 1.00 e. The van der Waals surface area contributed by atoms with Crippen molar-refractivity contribution in [3.05, 3.63) is 23.8 Å². The Balaban J connectivity index is 0.00000160. The first-order valence-corrected chi connectivity index (χ1v) is 10.1. The number of hydrogen-bond donors (Lipinski definition) is 3. The summed E-state index contributed by atoms with van der Waals surface area (Å²) in [6.07, 6.45) is 4.44. The summed E-state index contributed by atoms with van der Waals surface area (Å²) in [7, 11) is 0. The van der Waals surface area contributed by atoms with Gasteiger partial charge in [-0.05, 0) is 56.6 Å².